The summed E-state index contributed by atoms with van der Waals surface area (Å²) < 4.78 is 24.7. The van der Waals surface area contributed by atoms with Crippen molar-refractivity contribution in [2.24, 2.45) is 5.92 Å². The number of piperidine rings is 1. The number of amides is 1. The minimum absolute atomic E-state index is 0.136. The highest BCUT2D eigenvalue weighted by atomic mass is 32.2. The van der Waals surface area contributed by atoms with Crippen LogP contribution in [0.25, 0.3) is 0 Å². The van der Waals surface area contributed by atoms with Gasteiger partial charge in [0.15, 0.2) is 0 Å². The smallest absolute Gasteiger partial charge is 0.270 e. The van der Waals surface area contributed by atoms with Gasteiger partial charge in [0.05, 0.1) is 6.26 Å². The summed E-state index contributed by atoms with van der Waals surface area (Å²) in [7, 11) is -3.16. The van der Waals surface area contributed by atoms with Gasteiger partial charge in [-0.2, -0.15) is 0 Å². The number of sulfonamides is 1. The highest BCUT2D eigenvalue weighted by Gasteiger charge is 2.26. The third-order valence-corrected chi connectivity index (χ3v) is 4.97. The molecule has 1 fully saturated rings. The fourth-order valence-electron chi connectivity index (χ4n) is 2.66. The lowest BCUT2D eigenvalue weighted by molar-refractivity contribution is 0.0936. The van der Waals surface area contributed by atoms with Crippen LogP contribution in [0.15, 0.2) is 6.07 Å². The number of rotatable bonds is 4. The average Bonchev–Trinajstić information content (AvgIpc) is 2.43. The molecule has 0 spiro atoms. The van der Waals surface area contributed by atoms with Gasteiger partial charge in [-0.25, -0.2) is 22.7 Å². The fraction of sp³-hybridized carbons (Fsp3) is 0.643. The second-order valence-corrected chi connectivity index (χ2v) is 7.76. The molecule has 0 radical (unpaired) electrons. The Kier molecular flexibility index (Phi) is 5.12. The molecule has 1 amide bonds. The van der Waals surface area contributed by atoms with Gasteiger partial charge in [0, 0.05) is 25.3 Å². The van der Waals surface area contributed by atoms with E-state index in [1.807, 2.05) is 6.92 Å². The van der Waals surface area contributed by atoms with Crippen LogP contribution in [0.1, 0.15) is 34.8 Å². The first-order valence-corrected chi connectivity index (χ1v) is 9.16. The molecule has 2 heterocycles. The van der Waals surface area contributed by atoms with E-state index in [-0.39, 0.29) is 11.8 Å². The topological polar surface area (TPSA) is 92.3 Å². The van der Waals surface area contributed by atoms with Crippen LogP contribution in [0.2, 0.25) is 0 Å². The second-order valence-electron chi connectivity index (χ2n) is 5.78. The predicted molar refractivity (Wildman–Crippen MR) is 83.0 cm³/mol. The Hall–Kier alpha value is -1.54. The predicted octanol–water partition coefficient (Wildman–Crippen LogP) is 0.495. The standard InChI is InChI=1S/C14H22N4O3S/c1-10-7-13(17-11(2)16-10)14(19)15-8-12-5-4-6-18(9-12)22(3,20)21/h7,12H,4-6,8-9H2,1-3H3,(H,15,19)/t12-/m0/s1. The van der Waals surface area contributed by atoms with Crippen molar-refractivity contribution in [1.82, 2.24) is 19.6 Å². The van der Waals surface area contributed by atoms with E-state index in [1.165, 1.54) is 10.6 Å². The van der Waals surface area contributed by atoms with Crippen molar-refractivity contribution < 1.29 is 13.2 Å². The first-order valence-electron chi connectivity index (χ1n) is 7.31. The Labute approximate surface area is 131 Å². The van der Waals surface area contributed by atoms with Gasteiger partial charge in [0.2, 0.25) is 10.0 Å². The molecular weight excluding hydrogens is 304 g/mol. The SMILES string of the molecule is Cc1cc(C(=O)NC[C@@H]2CCCN(S(C)(=O)=O)C2)nc(C)n1. The molecule has 0 bridgehead atoms. The molecule has 1 N–H and O–H groups in total. The van der Waals surface area contributed by atoms with Gasteiger partial charge in [0.1, 0.15) is 11.5 Å². The third kappa shape index (κ3) is 4.48. The molecule has 1 aliphatic heterocycles. The van der Waals surface area contributed by atoms with E-state index in [0.29, 0.717) is 31.2 Å². The number of nitrogens with one attached hydrogen (secondary N) is 1. The Morgan fingerprint density at radius 3 is 2.77 bits per heavy atom. The lowest BCUT2D eigenvalue weighted by Gasteiger charge is -2.30. The summed E-state index contributed by atoms with van der Waals surface area (Å²) in [6.45, 7) is 5.03. The van der Waals surface area contributed by atoms with Crippen molar-refractivity contribution in [3.05, 3.63) is 23.3 Å². The van der Waals surface area contributed by atoms with Crippen molar-refractivity contribution in [2.75, 3.05) is 25.9 Å². The minimum atomic E-state index is -3.16. The van der Waals surface area contributed by atoms with Crippen molar-refractivity contribution in [1.29, 1.82) is 0 Å². The van der Waals surface area contributed by atoms with Crippen LogP contribution < -0.4 is 5.32 Å². The summed E-state index contributed by atoms with van der Waals surface area (Å²) in [4.78, 5) is 20.4. The first-order chi connectivity index (χ1) is 10.3. The van der Waals surface area contributed by atoms with Gasteiger partial charge in [-0.1, -0.05) is 0 Å². The van der Waals surface area contributed by atoms with E-state index in [2.05, 4.69) is 15.3 Å². The lowest BCUT2D eigenvalue weighted by atomic mass is 10.00. The molecule has 0 unspecified atom stereocenters. The molecule has 122 valence electrons. The van der Waals surface area contributed by atoms with Crippen molar-refractivity contribution in [3.63, 3.8) is 0 Å². The van der Waals surface area contributed by atoms with Gasteiger partial charge in [-0.3, -0.25) is 4.79 Å². The monoisotopic (exact) mass is 326 g/mol. The first kappa shape index (κ1) is 16.8. The van der Waals surface area contributed by atoms with Gasteiger partial charge < -0.3 is 5.32 Å². The highest BCUT2D eigenvalue weighted by Crippen LogP contribution is 2.18. The molecule has 22 heavy (non-hydrogen) atoms. The molecule has 1 atom stereocenters. The molecular formula is C14H22N4O3S. The Morgan fingerprint density at radius 1 is 1.41 bits per heavy atom. The number of aryl methyl sites for hydroxylation is 2. The largest absolute Gasteiger partial charge is 0.350 e. The number of carbonyl (C=O) groups excluding carboxylic acids is 1. The van der Waals surface area contributed by atoms with Crippen molar-refractivity contribution in [3.8, 4) is 0 Å². The molecule has 1 saturated heterocycles. The summed E-state index contributed by atoms with van der Waals surface area (Å²) in [6, 6.07) is 1.64. The van der Waals surface area contributed by atoms with Crippen LogP contribution in [-0.4, -0.2) is 54.5 Å². The van der Waals surface area contributed by atoms with E-state index in [1.54, 1.807) is 13.0 Å². The van der Waals surface area contributed by atoms with E-state index in [9.17, 15) is 13.2 Å². The summed E-state index contributed by atoms with van der Waals surface area (Å²) in [6.07, 6.45) is 2.95. The molecule has 1 aromatic heterocycles. The maximum absolute atomic E-state index is 12.1. The van der Waals surface area contributed by atoms with Crippen LogP contribution in [-0.2, 0) is 10.0 Å². The quantitative estimate of drug-likeness (QED) is 0.869. The minimum Gasteiger partial charge on any atom is -0.350 e. The molecule has 0 saturated carbocycles. The Morgan fingerprint density at radius 2 is 2.14 bits per heavy atom. The maximum Gasteiger partial charge on any atom is 0.270 e. The number of carbonyl (C=O) groups is 1. The van der Waals surface area contributed by atoms with Gasteiger partial charge in [-0.15, -0.1) is 0 Å². The number of aromatic nitrogens is 2. The zero-order valence-corrected chi connectivity index (χ0v) is 14.0. The molecule has 1 aliphatic rings. The number of hydrogen-bond donors (Lipinski definition) is 1. The van der Waals surface area contributed by atoms with Gasteiger partial charge >= 0.3 is 0 Å². The van der Waals surface area contributed by atoms with E-state index < -0.39 is 10.0 Å². The molecule has 0 aromatic carbocycles. The van der Waals surface area contributed by atoms with E-state index >= 15 is 0 Å². The Bertz CT molecular complexity index is 640. The molecule has 7 nitrogen and oxygen atoms in total. The highest BCUT2D eigenvalue weighted by molar-refractivity contribution is 7.88. The molecule has 1 aromatic rings. The van der Waals surface area contributed by atoms with Crippen molar-refractivity contribution >= 4 is 15.9 Å². The third-order valence-electron chi connectivity index (χ3n) is 3.70. The fourth-order valence-corrected chi connectivity index (χ4v) is 3.60. The number of hydrogen-bond acceptors (Lipinski definition) is 5. The number of nitrogens with zero attached hydrogens (tertiary/aromatic N) is 3. The molecule has 0 aliphatic carbocycles. The lowest BCUT2D eigenvalue weighted by Crippen LogP contribution is -2.43. The van der Waals surface area contributed by atoms with Crippen LogP contribution in [0, 0.1) is 19.8 Å². The normalized spacial score (nSPS) is 19.9. The molecule has 8 heteroatoms. The average molecular weight is 326 g/mol. The zero-order chi connectivity index (χ0) is 16.3. The van der Waals surface area contributed by atoms with Crippen LogP contribution in [0.4, 0.5) is 0 Å². The molecule has 2 rings (SSSR count). The van der Waals surface area contributed by atoms with Crippen LogP contribution >= 0.6 is 0 Å². The van der Waals surface area contributed by atoms with Gasteiger partial charge in [-0.05, 0) is 38.7 Å². The zero-order valence-electron chi connectivity index (χ0n) is 13.2. The van der Waals surface area contributed by atoms with Crippen LogP contribution in [0.5, 0.6) is 0 Å². The maximum atomic E-state index is 12.1. The van der Waals surface area contributed by atoms with Crippen LogP contribution in [0.3, 0.4) is 0 Å². The summed E-state index contributed by atoms with van der Waals surface area (Å²) >= 11 is 0. The summed E-state index contributed by atoms with van der Waals surface area (Å²) in [5.41, 5.74) is 1.10. The van der Waals surface area contributed by atoms with E-state index in [0.717, 1.165) is 18.5 Å². The summed E-state index contributed by atoms with van der Waals surface area (Å²) in [5, 5.41) is 2.84. The second kappa shape index (κ2) is 6.70. The van der Waals surface area contributed by atoms with E-state index in [4.69, 9.17) is 0 Å². The van der Waals surface area contributed by atoms with Crippen molar-refractivity contribution in [2.45, 2.75) is 26.7 Å². The Balaban J connectivity index is 1.93. The summed E-state index contributed by atoms with van der Waals surface area (Å²) in [5.74, 6) is 0.451. The van der Waals surface area contributed by atoms with Gasteiger partial charge in [0.25, 0.3) is 5.91 Å².